The van der Waals surface area contributed by atoms with Gasteiger partial charge in [0.15, 0.2) is 0 Å². The predicted octanol–water partition coefficient (Wildman–Crippen LogP) is 0.689. The average molecular weight is 212 g/mol. The fourth-order valence-corrected chi connectivity index (χ4v) is 3.02. The summed E-state index contributed by atoms with van der Waals surface area (Å²) in [5.41, 5.74) is 0. The monoisotopic (exact) mass is 212 g/mol. The summed E-state index contributed by atoms with van der Waals surface area (Å²) in [6, 6.07) is 0.423. The highest BCUT2D eigenvalue weighted by Crippen LogP contribution is 2.25. The highest BCUT2D eigenvalue weighted by molar-refractivity contribution is 4.86. The summed E-state index contributed by atoms with van der Waals surface area (Å²) in [5.74, 6) is 1.48. The number of nitrogens with one attached hydrogen (secondary N) is 1. The zero-order valence-corrected chi connectivity index (χ0v) is 9.78. The first-order valence-electron chi connectivity index (χ1n) is 6.37. The molecule has 2 fully saturated rings. The maximum atomic E-state index is 9.38. The third-order valence-electron chi connectivity index (χ3n) is 4.08. The van der Waals surface area contributed by atoms with Gasteiger partial charge < -0.3 is 10.4 Å². The molecule has 0 spiro atoms. The predicted molar refractivity (Wildman–Crippen MR) is 61.8 cm³/mol. The Balaban J connectivity index is 1.82. The molecule has 15 heavy (non-hydrogen) atoms. The first-order valence-corrected chi connectivity index (χ1v) is 6.37. The van der Waals surface area contributed by atoms with Crippen molar-refractivity contribution in [3.05, 3.63) is 0 Å². The van der Waals surface area contributed by atoms with E-state index in [0.29, 0.717) is 18.6 Å². The fourth-order valence-electron chi connectivity index (χ4n) is 3.02. The molecule has 88 valence electrons. The van der Waals surface area contributed by atoms with Crippen LogP contribution in [-0.2, 0) is 0 Å². The number of aliphatic hydroxyl groups is 1. The van der Waals surface area contributed by atoms with Crippen LogP contribution in [0.2, 0.25) is 0 Å². The summed E-state index contributed by atoms with van der Waals surface area (Å²) < 4.78 is 0. The third kappa shape index (κ3) is 2.71. The number of hydrogen-bond donors (Lipinski definition) is 2. The number of aliphatic hydroxyl groups excluding tert-OH is 1. The molecule has 3 atom stereocenters. The van der Waals surface area contributed by atoms with Gasteiger partial charge in [0.05, 0.1) is 6.61 Å². The van der Waals surface area contributed by atoms with Gasteiger partial charge in [-0.05, 0) is 50.7 Å². The van der Waals surface area contributed by atoms with Crippen molar-refractivity contribution in [1.29, 1.82) is 0 Å². The van der Waals surface area contributed by atoms with Gasteiger partial charge in [0.2, 0.25) is 0 Å². The minimum Gasteiger partial charge on any atom is -0.395 e. The minimum absolute atomic E-state index is 0.335. The van der Waals surface area contributed by atoms with Crippen LogP contribution in [0.1, 0.15) is 26.2 Å². The Morgan fingerprint density at radius 2 is 2.27 bits per heavy atom. The SMILES string of the molecule is CC1CCN(CC2CCCNC2)C1CO. The quantitative estimate of drug-likeness (QED) is 0.722. The zero-order valence-electron chi connectivity index (χ0n) is 9.78. The minimum atomic E-state index is 0.335. The van der Waals surface area contributed by atoms with E-state index >= 15 is 0 Å². The highest BCUT2D eigenvalue weighted by Gasteiger charge is 2.31. The number of piperidine rings is 1. The molecule has 3 unspecified atom stereocenters. The van der Waals surface area contributed by atoms with Crippen LogP contribution in [-0.4, -0.2) is 48.8 Å². The smallest absolute Gasteiger partial charge is 0.0589 e. The number of nitrogens with zero attached hydrogens (tertiary/aromatic N) is 1. The Labute approximate surface area is 92.8 Å². The van der Waals surface area contributed by atoms with Gasteiger partial charge in [-0.15, -0.1) is 0 Å². The van der Waals surface area contributed by atoms with E-state index in [1.54, 1.807) is 0 Å². The molecule has 2 saturated heterocycles. The van der Waals surface area contributed by atoms with E-state index < -0.39 is 0 Å². The molecule has 3 nitrogen and oxygen atoms in total. The van der Waals surface area contributed by atoms with E-state index in [1.165, 1.54) is 45.4 Å². The molecule has 2 aliphatic heterocycles. The van der Waals surface area contributed by atoms with Crippen molar-refractivity contribution < 1.29 is 5.11 Å². The van der Waals surface area contributed by atoms with E-state index in [0.717, 1.165) is 5.92 Å². The Morgan fingerprint density at radius 3 is 2.93 bits per heavy atom. The van der Waals surface area contributed by atoms with Crippen LogP contribution in [0.3, 0.4) is 0 Å². The standard InChI is InChI=1S/C12H24N2O/c1-10-4-6-14(12(10)9-15)8-11-3-2-5-13-7-11/h10-13,15H,2-9H2,1H3. The zero-order chi connectivity index (χ0) is 10.7. The molecule has 0 aliphatic carbocycles. The lowest BCUT2D eigenvalue weighted by Crippen LogP contribution is -2.42. The summed E-state index contributed by atoms with van der Waals surface area (Å²) in [4.78, 5) is 2.50. The summed E-state index contributed by atoms with van der Waals surface area (Å²) >= 11 is 0. The van der Waals surface area contributed by atoms with Crippen LogP contribution in [0.25, 0.3) is 0 Å². The molecular weight excluding hydrogens is 188 g/mol. The molecule has 2 heterocycles. The fraction of sp³-hybridized carbons (Fsp3) is 1.00. The average Bonchev–Trinajstić information content (AvgIpc) is 2.61. The molecule has 2 aliphatic rings. The molecular formula is C12H24N2O. The first-order chi connectivity index (χ1) is 7.31. The molecule has 0 aromatic rings. The molecule has 0 aromatic heterocycles. The third-order valence-corrected chi connectivity index (χ3v) is 4.08. The second-order valence-electron chi connectivity index (χ2n) is 5.22. The Kier molecular flexibility index (Phi) is 4.00. The maximum Gasteiger partial charge on any atom is 0.0589 e. The van der Waals surface area contributed by atoms with Crippen LogP contribution in [0.5, 0.6) is 0 Å². The second-order valence-corrected chi connectivity index (χ2v) is 5.22. The van der Waals surface area contributed by atoms with Crippen molar-refractivity contribution in [3.8, 4) is 0 Å². The molecule has 0 bridgehead atoms. The molecule has 3 heteroatoms. The molecule has 0 saturated carbocycles. The van der Waals surface area contributed by atoms with E-state index in [1.807, 2.05) is 0 Å². The van der Waals surface area contributed by atoms with Crippen LogP contribution in [0.15, 0.2) is 0 Å². The lowest BCUT2D eigenvalue weighted by atomic mass is 9.98. The lowest BCUT2D eigenvalue weighted by molar-refractivity contribution is 0.118. The van der Waals surface area contributed by atoms with Crippen molar-refractivity contribution in [2.75, 3.05) is 32.8 Å². The molecule has 0 amide bonds. The van der Waals surface area contributed by atoms with Crippen molar-refractivity contribution >= 4 is 0 Å². The van der Waals surface area contributed by atoms with Gasteiger partial charge in [-0.2, -0.15) is 0 Å². The first kappa shape index (κ1) is 11.4. The Morgan fingerprint density at radius 1 is 1.40 bits per heavy atom. The van der Waals surface area contributed by atoms with E-state index in [4.69, 9.17) is 0 Å². The van der Waals surface area contributed by atoms with E-state index in [-0.39, 0.29) is 0 Å². The Bertz CT molecular complexity index is 192. The van der Waals surface area contributed by atoms with Gasteiger partial charge >= 0.3 is 0 Å². The lowest BCUT2D eigenvalue weighted by Gasteiger charge is -2.31. The van der Waals surface area contributed by atoms with Gasteiger partial charge in [0.25, 0.3) is 0 Å². The number of likely N-dealkylation sites (tertiary alicyclic amines) is 1. The van der Waals surface area contributed by atoms with Crippen molar-refractivity contribution in [2.24, 2.45) is 11.8 Å². The van der Waals surface area contributed by atoms with Gasteiger partial charge in [-0.1, -0.05) is 6.92 Å². The van der Waals surface area contributed by atoms with Gasteiger partial charge in [0.1, 0.15) is 0 Å². The van der Waals surface area contributed by atoms with E-state index in [2.05, 4.69) is 17.1 Å². The van der Waals surface area contributed by atoms with Crippen LogP contribution >= 0.6 is 0 Å². The van der Waals surface area contributed by atoms with Gasteiger partial charge in [-0.3, -0.25) is 4.90 Å². The summed E-state index contributed by atoms with van der Waals surface area (Å²) in [6.45, 7) is 7.33. The highest BCUT2D eigenvalue weighted by atomic mass is 16.3. The normalized spacial score (nSPS) is 38.4. The summed E-state index contributed by atoms with van der Waals surface area (Å²) in [5, 5.41) is 12.8. The van der Waals surface area contributed by atoms with Crippen molar-refractivity contribution in [2.45, 2.75) is 32.2 Å². The second kappa shape index (κ2) is 5.28. The van der Waals surface area contributed by atoms with Gasteiger partial charge in [-0.25, -0.2) is 0 Å². The molecule has 0 aromatic carbocycles. The molecule has 2 N–H and O–H groups in total. The maximum absolute atomic E-state index is 9.38. The largest absolute Gasteiger partial charge is 0.395 e. The summed E-state index contributed by atoms with van der Waals surface area (Å²) in [7, 11) is 0. The summed E-state index contributed by atoms with van der Waals surface area (Å²) in [6.07, 6.45) is 3.93. The number of rotatable bonds is 3. The van der Waals surface area contributed by atoms with E-state index in [9.17, 15) is 5.11 Å². The van der Waals surface area contributed by atoms with Crippen LogP contribution < -0.4 is 5.32 Å². The topological polar surface area (TPSA) is 35.5 Å². The number of hydrogen-bond acceptors (Lipinski definition) is 3. The van der Waals surface area contributed by atoms with Crippen LogP contribution in [0.4, 0.5) is 0 Å². The van der Waals surface area contributed by atoms with Gasteiger partial charge in [0, 0.05) is 12.6 Å². The van der Waals surface area contributed by atoms with Crippen molar-refractivity contribution in [3.63, 3.8) is 0 Å². The Hall–Kier alpha value is -0.120. The molecule has 0 radical (unpaired) electrons. The van der Waals surface area contributed by atoms with Crippen molar-refractivity contribution in [1.82, 2.24) is 10.2 Å². The molecule has 2 rings (SSSR count). The van der Waals surface area contributed by atoms with Crippen LogP contribution in [0, 0.1) is 11.8 Å².